The number of likely N-dealkylation sites (N-methyl/N-ethyl adjacent to an activating group) is 1. The Balaban J connectivity index is 1.81. The summed E-state index contributed by atoms with van der Waals surface area (Å²) < 4.78 is 5.95. The average Bonchev–Trinajstić information content (AvgIpc) is 2.46. The second kappa shape index (κ2) is 5.58. The molecule has 0 aliphatic carbocycles. The van der Waals surface area contributed by atoms with Crippen LogP contribution in [0.2, 0.25) is 0 Å². The van der Waals surface area contributed by atoms with Crippen LogP contribution in [0, 0.1) is 6.92 Å². The Kier molecular flexibility index (Phi) is 3.81. The number of ether oxygens (including phenoxy) is 1. The van der Waals surface area contributed by atoms with Crippen molar-refractivity contribution in [3.05, 3.63) is 34.9 Å². The molecule has 0 aromatic heterocycles. The SMILES string of the molecule is CNC(C)CN1CCC2=C(COc3cc(C)ccc32)C1. The Morgan fingerprint density at radius 2 is 2.25 bits per heavy atom. The van der Waals surface area contributed by atoms with E-state index in [1.165, 1.54) is 22.3 Å². The number of aryl methyl sites for hydroxylation is 1. The molecule has 3 heteroatoms. The molecule has 2 aliphatic rings. The van der Waals surface area contributed by atoms with Crippen molar-refractivity contribution in [2.24, 2.45) is 0 Å². The molecule has 3 rings (SSSR count). The van der Waals surface area contributed by atoms with Crippen molar-refractivity contribution in [3.63, 3.8) is 0 Å². The van der Waals surface area contributed by atoms with Gasteiger partial charge in [0.2, 0.25) is 0 Å². The van der Waals surface area contributed by atoms with Gasteiger partial charge in [-0.1, -0.05) is 12.1 Å². The molecule has 1 aromatic rings. The maximum absolute atomic E-state index is 5.95. The predicted octanol–water partition coefficient (Wildman–Crippen LogP) is 2.45. The van der Waals surface area contributed by atoms with Crippen LogP contribution in [-0.2, 0) is 0 Å². The molecule has 2 heterocycles. The highest BCUT2D eigenvalue weighted by Crippen LogP contribution is 2.37. The Hall–Kier alpha value is -1.32. The minimum Gasteiger partial charge on any atom is -0.489 e. The predicted molar refractivity (Wildman–Crippen MR) is 83.2 cm³/mol. The van der Waals surface area contributed by atoms with E-state index < -0.39 is 0 Å². The van der Waals surface area contributed by atoms with Crippen molar-refractivity contribution < 1.29 is 4.74 Å². The van der Waals surface area contributed by atoms with E-state index in [1.54, 1.807) is 0 Å². The van der Waals surface area contributed by atoms with Crippen molar-refractivity contribution in [2.45, 2.75) is 26.3 Å². The van der Waals surface area contributed by atoms with Gasteiger partial charge in [0.1, 0.15) is 12.4 Å². The maximum Gasteiger partial charge on any atom is 0.127 e. The number of nitrogens with zero attached hydrogens (tertiary/aromatic N) is 1. The molecule has 0 bridgehead atoms. The van der Waals surface area contributed by atoms with Gasteiger partial charge in [0.15, 0.2) is 0 Å². The smallest absolute Gasteiger partial charge is 0.127 e. The van der Waals surface area contributed by atoms with Crippen LogP contribution in [-0.4, -0.2) is 44.2 Å². The summed E-state index contributed by atoms with van der Waals surface area (Å²) >= 11 is 0. The highest BCUT2D eigenvalue weighted by molar-refractivity contribution is 5.76. The van der Waals surface area contributed by atoms with E-state index in [1.807, 2.05) is 7.05 Å². The van der Waals surface area contributed by atoms with E-state index >= 15 is 0 Å². The van der Waals surface area contributed by atoms with Crippen LogP contribution in [0.4, 0.5) is 0 Å². The third kappa shape index (κ3) is 2.60. The first-order valence-electron chi connectivity index (χ1n) is 7.51. The fourth-order valence-electron chi connectivity index (χ4n) is 3.15. The van der Waals surface area contributed by atoms with E-state index in [-0.39, 0.29) is 0 Å². The number of fused-ring (bicyclic) bond motifs is 2. The molecular weight excluding hydrogens is 248 g/mol. The summed E-state index contributed by atoms with van der Waals surface area (Å²) in [6.07, 6.45) is 1.14. The fraction of sp³-hybridized carbons (Fsp3) is 0.529. The molecule has 0 radical (unpaired) electrons. The van der Waals surface area contributed by atoms with Gasteiger partial charge in [-0.05, 0) is 50.1 Å². The third-order valence-corrected chi connectivity index (χ3v) is 4.41. The van der Waals surface area contributed by atoms with Crippen LogP contribution in [0.5, 0.6) is 5.75 Å². The molecule has 1 aromatic carbocycles. The van der Waals surface area contributed by atoms with Gasteiger partial charge in [-0.3, -0.25) is 4.90 Å². The standard InChI is InChI=1S/C17H24N2O/c1-12-4-5-16-15-6-7-19(9-13(2)18-3)10-14(15)11-20-17(16)8-12/h4-5,8,13,18H,6-7,9-11H2,1-3H3. The fourth-order valence-corrected chi connectivity index (χ4v) is 3.15. The molecule has 0 amide bonds. The first-order valence-corrected chi connectivity index (χ1v) is 7.51. The molecule has 20 heavy (non-hydrogen) atoms. The van der Waals surface area contributed by atoms with E-state index in [0.29, 0.717) is 6.04 Å². The largest absolute Gasteiger partial charge is 0.489 e. The molecule has 0 saturated carbocycles. The number of nitrogens with one attached hydrogen (secondary N) is 1. The number of hydrogen-bond acceptors (Lipinski definition) is 3. The molecule has 0 fully saturated rings. The summed E-state index contributed by atoms with van der Waals surface area (Å²) in [5.74, 6) is 1.07. The molecule has 0 spiro atoms. The molecule has 1 N–H and O–H groups in total. The van der Waals surface area contributed by atoms with Gasteiger partial charge in [0.05, 0.1) is 0 Å². The minimum absolute atomic E-state index is 0.539. The first-order chi connectivity index (χ1) is 9.67. The van der Waals surface area contributed by atoms with Gasteiger partial charge in [0, 0.05) is 31.2 Å². The van der Waals surface area contributed by atoms with Crippen LogP contribution >= 0.6 is 0 Å². The van der Waals surface area contributed by atoms with Gasteiger partial charge in [-0.2, -0.15) is 0 Å². The normalized spacial score (nSPS) is 20.1. The van der Waals surface area contributed by atoms with Crippen molar-refractivity contribution in [1.29, 1.82) is 0 Å². The molecule has 1 unspecified atom stereocenters. The second-order valence-corrected chi connectivity index (χ2v) is 6.05. The van der Waals surface area contributed by atoms with Crippen LogP contribution < -0.4 is 10.1 Å². The zero-order valence-corrected chi connectivity index (χ0v) is 12.7. The number of rotatable bonds is 3. The Morgan fingerprint density at radius 1 is 1.40 bits per heavy atom. The van der Waals surface area contributed by atoms with E-state index in [9.17, 15) is 0 Å². The summed E-state index contributed by atoms with van der Waals surface area (Å²) in [6, 6.07) is 7.12. The van der Waals surface area contributed by atoms with Crippen molar-refractivity contribution in [1.82, 2.24) is 10.2 Å². The average molecular weight is 272 g/mol. The third-order valence-electron chi connectivity index (χ3n) is 4.41. The van der Waals surface area contributed by atoms with Crippen LogP contribution in [0.15, 0.2) is 23.8 Å². The lowest BCUT2D eigenvalue weighted by atomic mass is 9.90. The highest BCUT2D eigenvalue weighted by Gasteiger charge is 2.26. The van der Waals surface area contributed by atoms with Crippen molar-refractivity contribution in [3.8, 4) is 5.75 Å². The van der Waals surface area contributed by atoms with Gasteiger partial charge < -0.3 is 10.1 Å². The van der Waals surface area contributed by atoms with Crippen molar-refractivity contribution >= 4 is 5.57 Å². The lowest BCUT2D eigenvalue weighted by Crippen LogP contribution is -2.42. The lowest BCUT2D eigenvalue weighted by molar-refractivity contribution is 0.246. The zero-order chi connectivity index (χ0) is 14.1. The van der Waals surface area contributed by atoms with Crippen molar-refractivity contribution in [2.75, 3.05) is 33.3 Å². The Labute approximate surface area is 121 Å². The Bertz CT molecular complexity index is 536. The summed E-state index contributed by atoms with van der Waals surface area (Å²) in [6.45, 7) is 8.42. The minimum atomic E-state index is 0.539. The van der Waals surface area contributed by atoms with Gasteiger partial charge >= 0.3 is 0 Å². The topological polar surface area (TPSA) is 24.5 Å². The summed E-state index contributed by atoms with van der Waals surface area (Å²) in [5.41, 5.74) is 5.58. The van der Waals surface area contributed by atoms with E-state index in [0.717, 1.165) is 38.4 Å². The summed E-state index contributed by atoms with van der Waals surface area (Å²) in [5, 5.41) is 3.32. The molecule has 3 nitrogen and oxygen atoms in total. The summed E-state index contributed by atoms with van der Waals surface area (Å²) in [4.78, 5) is 2.53. The summed E-state index contributed by atoms with van der Waals surface area (Å²) in [7, 11) is 2.03. The monoisotopic (exact) mass is 272 g/mol. The van der Waals surface area contributed by atoms with Crippen LogP contribution in [0.1, 0.15) is 24.5 Å². The molecule has 1 atom stereocenters. The Morgan fingerprint density at radius 3 is 3.05 bits per heavy atom. The van der Waals surface area contributed by atoms with Gasteiger partial charge in [-0.25, -0.2) is 0 Å². The molecular formula is C17H24N2O. The molecule has 0 saturated heterocycles. The van der Waals surface area contributed by atoms with Gasteiger partial charge in [-0.15, -0.1) is 0 Å². The first kappa shape index (κ1) is 13.7. The second-order valence-electron chi connectivity index (χ2n) is 6.05. The zero-order valence-electron chi connectivity index (χ0n) is 12.7. The number of benzene rings is 1. The van der Waals surface area contributed by atoms with E-state index in [4.69, 9.17) is 4.74 Å². The number of hydrogen-bond donors (Lipinski definition) is 1. The van der Waals surface area contributed by atoms with Crippen LogP contribution in [0.3, 0.4) is 0 Å². The molecule has 2 aliphatic heterocycles. The quantitative estimate of drug-likeness (QED) is 0.915. The molecule has 108 valence electrons. The maximum atomic E-state index is 5.95. The van der Waals surface area contributed by atoms with Gasteiger partial charge in [0.25, 0.3) is 0 Å². The van der Waals surface area contributed by atoms with Crippen LogP contribution in [0.25, 0.3) is 5.57 Å². The van der Waals surface area contributed by atoms with E-state index in [2.05, 4.69) is 42.3 Å². The lowest BCUT2D eigenvalue weighted by Gasteiger charge is -2.35. The highest BCUT2D eigenvalue weighted by atomic mass is 16.5.